The Hall–Kier alpha value is -2.79. The van der Waals surface area contributed by atoms with Gasteiger partial charge >= 0.3 is 0 Å². The highest BCUT2D eigenvalue weighted by atomic mass is 16.5. The number of H-pyrrole nitrogens is 1. The standard InChI is InChI=1S/C21H23N3O2/c1-15-4-2-3-5-19(15)17-10-18-14-24(7-6-16-12-22-23-13-16)8-9-26-21(18)20(25)11-17/h2-5,10-13,25H,6-9,14H2,1H3,(H,22,23). The van der Waals surface area contributed by atoms with E-state index in [-0.39, 0.29) is 5.75 Å². The van der Waals surface area contributed by atoms with E-state index < -0.39 is 0 Å². The quantitative estimate of drug-likeness (QED) is 0.756. The summed E-state index contributed by atoms with van der Waals surface area (Å²) in [6.45, 7) is 5.20. The summed E-state index contributed by atoms with van der Waals surface area (Å²) in [5, 5.41) is 17.4. The maximum absolute atomic E-state index is 10.5. The maximum Gasteiger partial charge on any atom is 0.165 e. The third kappa shape index (κ3) is 3.44. The van der Waals surface area contributed by atoms with Gasteiger partial charge in [-0.3, -0.25) is 10.00 Å². The van der Waals surface area contributed by atoms with Crippen molar-refractivity contribution in [1.82, 2.24) is 15.1 Å². The van der Waals surface area contributed by atoms with Crippen molar-refractivity contribution in [2.45, 2.75) is 19.9 Å². The Morgan fingerprint density at radius 1 is 1.27 bits per heavy atom. The second-order valence-corrected chi connectivity index (χ2v) is 6.78. The Kier molecular flexibility index (Phi) is 4.63. The van der Waals surface area contributed by atoms with Gasteiger partial charge in [-0.25, -0.2) is 0 Å². The Morgan fingerprint density at radius 2 is 2.15 bits per heavy atom. The van der Waals surface area contributed by atoms with Crippen LogP contribution in [0.25, 0.3) is 11.1 Å². The molecule has 1 aliphatic heterocycles. The molecule has 0 atom stereocenters. The number of hydrogen-bond donors (Lipinski definition) is 2. The van der Waals surface area contributed by atoms with E-state index in [2.05, 4.69) is 40.2 Å². The molecular weight excluding hydrogens is 326 g/mol. The van der Waals surface area contributed by atoms with Crippen LogP contribution >= 0.6 is 0 Å². The molecule has 0 aliphatic carbocycles. The Labute approximate surface area is 153 Å². The Bertz CT molecular complexity index is 890. The molecule has 1 aliphatic rings. The van der Waals surface area contributed by atoms with Crippen molar-refractivity contribution in [2.24, 2.45) is 0 Å². The highest BCUT2D eigenvalue weighted by Crippen LogP contribution is 2.38. The van der Waals surface area contributed by atoms with Crippen molar-refractivity contribution >= 4 is 0 Å². The van der Waals surface area contributed by atoms with Gasteiger partial charge in [0.2, 0.25) is 0 Å². The number of fused-ring (bicyclic) bond motifs is 1. The fourth-order valence-corrected chi connectivity index (χ4v) is 3.50. The van der Waals surface area contributed by atoms with Gasteiger partial charge in [0.15, 0.2) is 11.5 Å². The first-order valence-corrected chi connectivity index (χ1v) is 8.95. The van der Waals surface area contributed by atoms with E-state index >= 15 is 0 Å². The minimum absolute atomic E-state index is 0.220. The number of aromatic nitrogens is 2. The lowest BCUT2D eigenvalue weighted by Crippen LogP contribution is -2.27. The summed E-state index contributed by atoms with van der Waals surface area (Å²) in [4.78, 5) is 2.36. The molecule has 0 amide bonds. The van der Waals surface area contributed by atoms with E-state index in [9.17, 15) is 5.11 Å². The summed E-state index contributed by atoms with van der Waals surface area (Å²) in [6, 6.07) is 12.2. The van der Waals surface area contributed by atoms with E-state index in [1.54, 1.807) is 0 Å². The molecule has 26 heavy (non-hydrogen) atoms. The van der Waals surface area contributed by atoms with E-state index in [1.807, 2.05) is 30.6 Å². The van der Waals surface area contributed by atoms with Crippen LogP contribution in [0, 0.1) is 6.92 Å². The van der Waals surface area contributed by atoms with Crippen molar-refractivity contribution in [3.8, 4) is 22.6 Å². The largest absolute Gasteiger partial charge is 0.504 e. The fraction of sp³-hybridized carbons (Fsp3) is 0.286. The number of rotatable bonds is 4. The first-order valence-electron chi connectivity index (χ1n) is 8.95. The zero-order valence-electron chi connectivity index (χ0n) is 14.9. The van der Waals surface area contributed by atoms with Crippen LogP contribution in [0.4, 0.5) is 0 Å². The SMILES string of the molecule is Cc1ccccc1-c1cc(O)c2c(c1)CN(CCc1cn[nH]c1)CCO2. The van der Waals surface area contributed by atoms with Crippen molar-refractivity contribution in [3.63, 3.8) is 0 Å². The van der Waals surface area contributed by atoms with E-state index in [1.165, 1.54) is 11.1 Å². The molecule has 0 bridgehead atoms. The number of nitrogens with zero attached hydrogens (tertiary/aromatic N) is 2. The molecule has 2 aromatic carbocycles. The van der Waals surface area contributed by atoms with Crippen LogP contribution in [0.2, 0.25) is 0 Å². The molecule has 5 heteroatoms. The van der Waals surface area contributed by atoms with Gasteiger partial charge in [-0.2, -0.15) is 5.10 Å². The van der Waals surface area contributed by atoms with E-state index in [0.717, 1.165) is 42.7 Å². The summed E-state index contributed by atoms with van der Waals surface area (Å²) in [6.07, 6.45) is 4.74. The molecule has 0 fully saturated rings. The van der Waals surface area contributed by atoms with Gasteiger partial charge in [0.05, 0.1) is 6.20 Å². The number of phenolic OH excluding ortho intramolecular Hbond substituents is 1. The van der Waals surface area contributed by atoms with Crippen LogP contribution in [0.5, 0.6) is 11.5 Å². The summed E-state index contributed by atoms with van der Waals surface area (Å²) in [5.74, 6) is 0.839. The van der Waals surface area contributed by atoms with Gasteiger partial charge in [0.1, 0.15) is 6.61 Å². The van der Waals surface area contributed by atoms with Gasteiger partial charge in [0.25, 0.3) is 0 Å². The number of aromatic hydroxyl groups is 1. The normalized spacial score (nSPS) is 14.5. The molecule has 4 rings (SSSR count). The van der Waals surface area contributed by atoms with Crippen LogP contribution in [0.15, 0.2) is 48.8 Å². The lowest BCUT2D eigenvalue weighted by atomic mass is 9.98. The number of ether oxygens (including phenoxy) is 1. The van der Waals surface area contributed by atoms with Crippen molar-refractivity contribution < 1.29 is 9.84 Å². The highest BCUT2D eigenvalue weighted by Gasteiger charge is 2.20. The lowest BCUT2D eigenvalue weighted by Gasteiger charge is -2.19. The topological polar surface area (TPSA) is 61.4 Å². The number of aryl methyl sites for hydroxylation is 1. The van der Waals surface area contributed by atoms with Gasteiger partial charge in [-0.05, 0) is 47.7 Å². The monoisotopic (exact) mass is 349 g/mol. The zero-order valence-corrected chi connectivity index (χ0v) is 14.9. The molecule has 0 radical (unpaired) electrons. The molecule has 0 saturated carbocycles. The summed E-state index contributed by atoms with van der Waals surface area (Å²) in [7, 11) is 0. The summed E-state index contributed by atoms with van der Waals surface area (Å²) in [5.41, 5.74) is 5.59. The Balaban J connectivity index is 1.60. The molecule has 134 valence electrons. The molecule has 0 saturated heterocycles. The second kappa shape index (κ2) is 7.22. The number of nitrogens with one attached hydrogen (secondary N) is 1. The van der Waals surface area contributed by atoms with Crippen molar-refractivity contribution in [2.75, 3.05) is 19.7 Å². The lowest BCUT2D eigenvalue weighted by molar-refractivity contribution is 0.225. The number of hydrogen-bond acceptors (Lipinski definition) is 4. The van der Waals surface area contributed by atoms with Crippen molar-refractivity contribution in [3.05, 3.63) is 65.5 Å². The van der Waals surface area contributed by atoms with Crippen molar-refractivity contribution in [1.29, 1.82) is 0 Å². The van der Waals surface area contributed by atoms with Crippen LogP contribution < -0.4 is 4.74 Å². The maximum atomic E-state index is 10.5. The number of phenols is 1. The summed E-state index contributed by atoms with van der Waals surface area (Å²) >= 11 is 0. The van der Waals surface area contributed by atoms with Gasteiger partial charge in [0, 0.05) is 31.4 Å². The molecule has 3 aromatic rings. The molecule has 5 nitrogen and oxygen atoms in total. The predicted molar refractivity (Wildman–Crippen MR) is 101 cm³/mol. The third-order valence-corrected chi connectivity index (χ3v) is 4.92. The van der Waals surface area contributed by atoms with Gasteiger partial charge in [-0.1, -0.05) is 24.3 Å². The predicted octanol–water partition coefficient (Wildman–Crippen LogP) is 3.53. The van der Waals surface area contributed by atoms with E-state index in [4.69, 9.17) is 4.74 Å². The molecule has 1 aromatic heterocycles. The molecule has 2 N–H and O–H groups in total. The Morgan fingerprint density at radius 3 is 2.96 bits per heavy atom. The molecular formula is C21H23N3O2. The summed E-state index contributed by atoms with van der Waals surface area (Å²) < 4.78 is 5.86. The number of benzene rings is 2. The van der Waals surface area contributed by atoms with Crippen LogP contribution in [0.3, 0.4) is 0 Å². The van der Waals surface area contributed by atoms with Crippen LogP contribution in [-0.2, 0) is 13.0 Å². The second-order valence-electron chi connectivity index (χ2n) is 6.78. The highest BCUT2D eigenvalue weighted by molar-refractivity contribution is 5.71. The first kappa shape index (κ1) is 16.7. The van der Waals surface area contributed by atoms with Crippen LogP contribution in [0.1, 0.15) is 16.7 Å². The minimum Gasteiger partial charge on any atom is -0.504 e. The third-order valence-electron chi connectivity index (χ3n) is 4.92. The van der Waals surface area contributed by atoms with Gasteiger partial charge < -0.3 is 9.84 Å². The minimum atomic E-state index is 0.220. The average Bonchev–Trinajstić information content (AvgIpc) is 3.06. The molecule has 2 heterocycles. The smallest absolute Gasteiger partial charge is 0.165 e. The first-order chi connectivity index (χ1) is 12.7. The average molecular weight is 349 g/mol. The zero-order chi connectivity index (χ0) is 17.9. The fourth-order valence-electron chi connectivity index (χ4n) is 3.50. The van der Waals surface area contributed by atoms with Gasteiger partial charge in [-0.15, -0.1) is 0 Å². The molecule has 0 unspecified atom stereocenters. The van der Waals surface area contributed by atoms with Crippen LogP contribution in [-0.4, -0.2) is 39.9 Å². The molecule has 0 spiro atoms. The van der Waals surface area contributed by atoms with E-state index in [0.29, 0.717) is 12.4 Å². The number of aromatic amines is 1.